The SMILES string of the molecule is C[C@@H](CSC(CN)NC(C)(C)O)CC1CC[C@@H]([N+](=O)[O-])[C@@H](C)C1. The molecule has 136 valence electrons. The van der Waals surface area contributed by atoms with Crippen LogP contribution in [0.4, 0.5) is 0 Å². The minimum absolute atomic E-state index is 0.0431. The molecule has 0 bridgehead atoms. The Morgan fingerprint density at radius 2 is 2.13 bits per heavy atom. The van der Waals surface area contributed by atoms with Crippen molar-refractivity contribution in [2.75, 3.05) is 12.3 Å². The van der Waals surface area contributed by atoms with E-state index in [0.29, 0.717) is 24.8 Å². The third-order valence-corrected chi connectivity index (χ3v) is 6.02. The highest BCUT2D eigenvalue weighted by molar-refractivity contribution is 7.99. The molecule has 0 radical (unpaired) electrons. The summed E-state index contributed by atoms with van der Waals surface area (Å²) in [6.45, 7) is 8.15. The van der Waals surface area contributed by atoms with Crippen LogP contribution in [0, 0.1) is 27.9 Å². The van der Waals surface area contributed by atoms with Crippen molar-refractivity contribution in [2.45, 2.75) is 70.5 Å². The number of nitrogens with two attached hydrogens (primary N) is 1. The summed E-state index contributed by atoms with van der Waals surface area (Å²) in [5.41, 5.74) is 4.83. The first-order valence-corrected chi connectivity index (χ1v) is 9.62. The van der Waals surface area contributed by atoms with Crippen molar-refractivity contribution < 1.29 is 10.0 Å². The molecule has 1 aliphatic rings. The summed E-state index contributed by atoms with van der Waals surface area (Å²) in [5, 5.41) is 23.9. The van der Waals surface area contributed by atoms with Crippen molar-refractivity contribution in [1.29, 1.82) is 0 Å². The largest absolute Gasteiger partial charge is 0.376 e. The minimum Gasteiger partial charge on any atom is -0.376 e. The van der Waals surface area contributed by atoms with Crippen LogP contribution in [0.25, 0.3) is 0 Å². The molecule has 6 nitrogen and oxygen atoms in total. The Bertz CT molecular complexity index is 376. The molecule has 1 fully saturated rings. The molecule has 1 aliphatic carbocycles. The first-order valence-electron chi connectivity index (χ1n) is 8.57. The highest BCUT2D eigenvalue weighted by atomic mass is 32.2. The molecule has 23 heavy (non-hydrogen) atoms. The van der Waals surface area contributed by atoms with Crippen molar-refractivity contribution >= 4 is 11.8 Å². The zero-order chi connectivity index (χ0) is 17.6. The standard InChI is InChI=1S/C16H33N3O3S/c1-11(10-23-15(9-17)18-16(3,4)20)7-13-5-6-14(19(21)22)12(2)8-13/h11-15,18,20H,5-10,17H2,1-4H3/t11-,12+,13?,14-,15?/m1/s1. The predicted octanol–water partition coefficient (Wildman–Crippen LogP) is 2.43. The van der Waals surface area contributed by atoms with E-state index < -0.39 is 5.72 Å². The molecule has 7 heteroatoms. The number of hydrogen-bond acceptors (Lipinski definition) is 6. The second-order valence-corrected chi connectivity index (χ2v) is 8.85. The van der Waals surface area contributed by atoms with Crippen LogP contribution >= 0.6 is 11.8 Å². The molecule has 5 atom stereocenters. The summed E-state index contributed by atoms with van der Waals surface area (Å²) < 4.78 is 0. The molecule has 4 N–H and O–H groups in total. The number of nitrogens with zero attached hydrogens (tertiary/aromatic N) is 1. The lowest BCUT2D eigenvalue weighted by Crippen LogP contribution is -2.47. The summed E-state index contributed by atoms with van der Waals surface area (Å²) >= 11 is 1.75. The number of thioether (sulfide) groups is 1. The molecule has 0 heterocycles. The number of rotatable bonds is 9. The topological polar surface area (TPSA) is 101 Å². The lowest BCUT2D eigenvalue weighted by Gasteiger charge is -2.31. The second kappa shape index (κ2) is 9.20. The van der Waals surface area contributed by atoms with Crippen molar-refractivity contribution in [1.82, 2.24) is 5.32 Å². The molecule has 1 saturated carbocycles. The van der Waals surface area contributed by atoms with E-state index in [-0.39, 0.29) is 22.3 Å². The van der Waals surface area contributed by atoms with Gasteiger partial charge >= 0.3 is 0 Å². The highest BCUT2D eigenvalue weighted by Gasteiger charge is 2.35. The Morgan fingerprint density at radius 3 is 2.61 bits per heavy atom. The monoisotopic (exact) mass is 347 g/mol. The van der Waals surface area contributed by atoms with E-state index in [2.05, 4.69) is 12.2 Å². The van der Waals surface area contributed by atoms with Crippen molar-refractivity contribution in [2.24, 2.45) is 23.5 Å². The number of nitrogens with one attached hydrogen (secondary N) is 1. The maximum absolute atomic E-state index is 11.0. The molecule has 0 aromatic carbocycles. The summed E-state index contributed by atoms with van der Waals surface area (Å²) in [7, 11) is 0. The van der Waals surface area contributed by atoms with Crippen LogP contribution in [-0.4, -0.2) is 39.5 Å². The van der Waals surface area contributed by atoms with E-state index >= 15 is 0 Å². The van der Waals surface area contributed by atoms with E-state index in [0.717, 1.165) is 25.0 Å². The Hall–Kier alpha value is -0.370. The molecule has 0 aliphatic heterocycles. The smallest absolute Gasteiger partial charge is 0.215 e. The average molecular weight is 348 g/mol. The van der Waals surface area contributed by atoms with Gasteiger partial charge in [-0.1, -0.05) is 13.8 Å². The lowest BCUT2D eigenvalue weighted by molar-refractivity contribution is -0.535. The van der Waals surface area contributed by atoms with Crippen LogP contribution in [0.1, 0.15) is 53.4 Å². The zero-order valence-electron chi connectivity index (χ0n) is 14.8. The van der Waals surface area contributed by atoms with E-state index in [1.807, 2.05) is 6.92 Å². The van der Waals surface area contributed by atoms with Gasteiger partial charge in [-0.3, -0.25) is 15.4 Å². The molecule has 0 aromatic heterocycles. The fraction of sp³-hybridized carbons (Fsp3) is 1.00. The van der Waals surface area contributed by atoms with Crippen LogP contribution in [0.15, 0.2) is 0 Å². The zero-order valence-corrected chi connectivity index (χ0v) is 15.6. The van der Waals surface area contributed by atoms with Gasteiger partial charge in [-0.2, -0.15) is 0 Å². The molecular formula is C16H33N3O3S. The Morgan fingerprint density at radius 1 is 1.48 bits per heavy atom. The third-order valence-electron chi connectivity index (χ3n) is 4.55. The quantitative estimate of drug-likeness (QED) is 0.336. The molecule has 0 saturated heterocycles. The Labute approximate surface area is 144 Å². The fourth-order valence-corrected chi connectivity index (χ4v) is 4.70. The van der Waals surface area contributed by atoms with Gasteiger partial charge in [0.05, 0.1) is 5.37 Å². The molecule has 0 aromatic rings. The summed E-state index contributed by atoms with van der Waals surface area (Å²) in [6, 6.07) is -0.353. The van der Waals surface area contributed by atoms with Crippen LogP contribution in [0.3, 0.4) is 0 Å². The van der Waals surface area contributed by atoms with Crippen molar-refractivity contribution in [3.8, 4) is 0 Å². The van der Waals surface area contributed by atoms with Gasteiger partial charge < -0.3 is 10.8 Å². The second-order valence-electron chi connectivity index (χ2n) is 7.61. The third kappa shape index (κ3) is 7.83. The van der Waals surface area contributed by atoms with Gasteiger partial charge in [0.1, 0.15) is 5.72 Å². The van der Waals surface area contributed by atoms with Crippen LogP contribution in [0.2, 0.25) is 0 Å². The Kier molecular flexibility index (Phi) is 8.27. The highest BCUT2D eigenvalue weighted by Crippen LogP contribution is 2.35. The predicted molar refractivity (Wildman–Crippen MR) is 95.8 cm³/mol. The van der Waals surface area contributed by atoms with E-state index in [4.69, 9.17) is 5.73 Å². The summed E-state index contributed by atoms with van der Waals surface area (Å²) in [5.74, 6) is 2.30. The first kappa shape index (κ1) is 20.7. The van der Waals surface area contributed by atoms with Crippen LogP contribution in [0.5, 0.6) is 0 Å². The summed E-state index contributed by atoms with van der Waals surface area (Å²) in [6.07, 6.45) is 3.75. The lowest BCUT2D eigenvalue weighted by atomic mass is 9.76. The van der Waals surface area contributed by atoms with Gasteiger partial charge in [-0.15, -0.1) is 11.8 Å². The van der Waals surface area contributed by atoms with Gasteiger partial charge in [0.15, 0.2) is 0 Å². The first-order chi connectivity index (χ1) is 10.6. The van der Waals surface area contributed by atoms with Crippen LogP contribution in [-0.2, 0) is 0 Å². The molecule has 0 spiro atoms. The van der Waals surface area contributed by atoms with Gasteiger partial charge in [0.2, 0.25) is 6.04 Å². The molecule has 1 rings (SSSR count). The van der Waals surface area contributed by atoms with Gasteiger partial charge in [0.25, 0.3) is 0 Å². The van der Waals surface area contributed by atoms with E-state index in [1.54, 1.807) is 25.6 Å². The normalized spacial score (nSPS) is 28.3. The minimum atomic E-state index is -0.920. The number of hydrogen-bond donors (Lipinski definition) is 3. The number of nitro groups is 1. The fourth-order valence-electron chi connectivity index (χ4n) is 3.50. The van der Waals surface area contributed by atoms with Gasteiger partial charge in [-0.05, 0) is 50.7 Å². The maximum Gasteiger partial charge on any atom is 0.215 e. The number of aliphatic hydroxyl groups is 1. The van der Waals surface area contributed by atoms with Crippen LogP contribution < -0.4 is 11.1 Å². The van der Waals surface area contributed by atoms with Crippen molar-refractivity contribution in [3.63, 3.8) is 0 Å². The molecule has 2 unspecified atom stereocenters. The molecule has 0 amide bonds. The van der Waals surface area contributed by atoms with E-state index in [1.165, 1.54) is 0 Å². The average Bonchev–Trinajstić information content (AvgIpc) is 2.41. The van der Waals surface area contributed by atoms with Crippen molar-refractivity contribution in [3.05, 3.63) is 10.1 Å². The molecular weight excluding hydrogens is 314 g/mol. The Balaban J connectivity index is 2.34. The maximum atomic E-state index is 11.0. The summed E-state index contributed by atoms with van der Waals surface area (Å²) in [4.78, 5) is 10.9. The van der Waals surface area contributed by atoms with Gasteiger partial charge in [0, 0.05) is 23.8 Å². The van der Waals surface area contributed by atoms with E-state index in [9.17, 15) is 15.2 Å². The van der Waals surface area contributed by atoms with Gasteiger partial charge in [-0.25, -0.2) is 0 Å².